The molecule has 1 aromatic rings. The molecule has 8 heteroatoms. The third-order valence-corrected chi connectivity index (χ3v) is 3.12. The Morgan fingerprint density at radius 3 is 2.36 bits per heavy atom. The van der Waals surface area contributed by atoms with Crippen molar-refractivity contribution in [1.29, 1.82) is 0 Å². The van der Waals surface area contributed by atoms with Gasteiger partial charge in [-0.3, -0.25) is 4.98 Å². The van der Waals surface area contributed by atoms with Crippen molar-refractivity contribution in [2.75, 3.05) is 13.1 Å². The van der Waals surface area contributed by atoms with E-state index in [0.717, 1.165) is 0 Å². The molecule has 4 nitrogen and oxygen atoms in total. The summed E-state index contributed by atoms with van der Waals surface area (Å²) in [6.07, 6.45) is -4.56. The van der Waals surface area contributed by atoms with E-state index in [4.69, 9.17) is 4.74 Å². The average molecular weight is 320 g/mol. The highest BCUT2D eigenvalue weighted by Gasteiger charge is 2.38. The van der Waals surface area contributed by atoms with Gasteiger partial charge in [0.05, 0.1) is 11.3 Å². The van der Waals surface area contributed by atoms with E-state index >= 15 is 0 Å². The van der Waals surface area contributed by atoms with Gasteiger partial charge in [-0.2, -0.15) is 13.2 Å². The van der Waals surface area contributed by atoms with Crippen LogP contribution in [0.1, 0.15) is 37.9 Å². The Balaban J connectivity index is 2.01. The lowest BCUT2D eigenvalue weighted by molar-refractivity contribution is -0.138. The number of hydrogen-bond acceptors (Lipinski definition) is 3. The largest absolute Gasteiger partial charge is 0.444 e. The quantitative estimate of drug-likeness (QED) is 0.743. The molecule has 0 aliphatic carbocycles. The smallest absolute Gasteiger partial charge is 0.417 e. The predicted octanol–water partition coefficient (Wildman–Crippen LogP) is 3.57. The lowest BCUT2D eigenvalue weighted by Crippen LogP contribution is -2.50. The SMILES string of the molecule is CC(C)(C)OC(=O)N1CC(c2ncc(C(F)(F)F)cc2F)C1. The molecule has 2 rings (SSSR count). The molecule has 122 valence electrons. The lowest BCUT2D eigenvalue weighted by Gasteiger charge is -2.39. The van der Waals surface area contributed by atoms with E-state index in [0.29, 0.717) is 12.3 Å². The molecule has 1 aliphatic rings. The van der Waals surface area contributed by atoms with Gasteiger partial charge in [0.2, 0.25) is 0 Å². The number of halogens is 4. The first-order valence-corrected chi connectivity index (χ1v) is 6.68. The number of alkyl halides is 3. The molecular formula is C14H16F4N2O2. The average Bonchev–Trinajstić information content (AvgIpc) is 2.25. The van der Waals surface area contributed by atoms with Gasteiger partial charge in [-0.25, -0.2) is 9.18 Å². The molecule has 0 aromatic carbocycles. The second-order valence-electron chi connectivity index (χ2n) is 6.17. The monoisotopic (exact) mass is 320 g/mol. The Hall–Kier alpha value is -1.86. The molecule has 2 heterocycles. The van der Waals surface area contributed by atoms with Crippen LogP contribution in [-0.4, -0.2) is 34.7 Å². The summed E-state index contributed by atoms with van der Waals surface area (Å²) in [7, 11) is 0. The highest BCUT2D eigenvalue weighted by atomic mass is 19.4. The first-order valence-electron chi connectivity index (χ1n) is 6.68. The Morgan fingerprint density at radius 1 is 1.32 bits per heavy atom. The van der Waals surface area contributed by atoms with Gasteiger partial charge in [-0.1, -0.05) is 0 Å². The van der Waals surface area contributed by atoms with Crippen molar-refractivity contribution < 1.29 is 27.1 Å². The second kappa shape index (κ2) is 5.40. The number of hydrogen-bond donors (Lipinski definition) is 0. The molecule has 0 spiro atoms. The first-order chi connectivity index (χ1) is 9.97. The van der Waals surface area contributed by atoms with Crippen LogP contribution >= 0.6 is 0 Å². The third kappa shape index (κ3) is 3.66. The number of ether oxygens (including phenoxy) is 1. The van der Waals surface area contributed by atoms with Crippen LogP contribution in [0.2, 0.25) is 0 Å². The zero-order valence-corrected chi connectivity index (χ0v) is 12.4. The van der Waals surface area contributed by atoms with E-state index in [1.165, 1.54) is 4.90 Å². The van der Waals surface area contributed by atoms with Gasteiger partial charge in [-0.05, 0) is 26.8 Å². The summed E-state index contributed by atoms with van der Waals surface area (Å²) >= 11 is 0. The molecule has 22 heavy (non-hydrogen) atoms. The summed E-state index contributed by atoms with van der Waals surface area (Å²) in [5, 5.41) is 0. The van der Waals surface area contributed by atoms with Crippen LogP contribution in [0, 0.1) is 5.82 Å². The van der Waals surface area contributed by atoms with Crippen LogP contribution in [0.5, 0.6) is 0 Å². The molecule has 0 N–H and O–H groups in total. The van der Waals surface area contributed by atoms with Crippen LogP contribution in [-0.2, 0) is 10.9 Å². The van der Waals surface area contributed by atoms with Crippen LogP contribution in [0.15, 0.2) is 12.3 Å². The predicted molar refractivity (Wildman–Crippen MR) is 69.7 cm³/mol. The van der Waals surface area contributed by atoms with Gasteiger partial charge in [0, 0.05) is 25.2 Å². The second-order valence-corrected chi connectivity index (χ2v) is 6.17. The number of carbonyl (C=O) groups excluding carboxylic acids is 1. The summed E-state index contributed by atoms with van der Waals surface area (Å²) in [6.45, 7) is 5.51. The van der Waals surface area contributed by atoms with Crippen molar-refractivity contribution in [3.63, 3.8) is 0 Å². The molecule has 1 fully saturated rings. The van der Waals surface area contributed by atoms with Crippen molar-refractivity contribution >= 4 is 6.09 Å². The number of carbonyl (C=O) groups is 1. The maximum Gasteiger partial charge on any atom is 0.417 e. The number of aromatic nitrogens is 1. The maximum atomic E-state index is 13.8. The third-order valence-electron chi connectivity index (χ3n) is 3.12. The number of nitrogens with zero attached hydrogens (tertiary/aromatic N) is 2. The molecule has 1 aliphatic heterocycles. The fraction of sp³-hybridized carbons (Fsp3) is 0.571. The molecule has 0 unspecified atom stereocenters. The highest BCUT2D eigenvalue weighted by molar-refractivity contribution is 5.69. The van der Waals surface area contributed by atoms with Gasteiger partial charge >= 0.3 is 12.3 Å². The summed E-state index contributed by atoms with van der Waals surface area (Å²) in [4.78, 5) is 16.6. The molecule has 0 radical (unpaired) electrons. The number of rotatable bonds is 1. The zero-order chi connectivity index (χ0) is 16.7. The minimum atomic E-state index is -4.63. The van der Waals surface area contributed by atoms with Crippen LogP contribution < -0.4 is 0 Å². The first kappa shape index (κ1) is 16.5. The van der Waals surface area contributed by atoms with Crippen molar-refractivity contribution in [2.45, 2.75) is 38.5 Å². The fourth-order valence-electron chi connectivity index (χ4n) is 2.03. The highest BCUT2D eigenvalue weighted by Crippen LogP contribution is 2.33. The topological polar surface area (TPSA) is 42.4 Å². The van der Waals surface area contributed by atoms with Crippen molar-refractivity contribution in [1.82, 2.24) is 9.88 Å². The molecule has 1 saturated heterocycles. The Labute approximate surface area is 125 Å². The summed E-state index contributed by atoms with van der Waals surface area (Å²) in [6, 6.07) is 0.429. The van der Waals surface area contributed by atoms with Crippen molar-refractivity contribution in [2.24, 2.45) is 0 Å². The molecular weight excluding hydrogens is 304 g/mol. The Bertz CT molecular complexity index is 575. The molecule has 0 atom stereocenters. The Kier molecular flexibility index (Phi) is 4.06. The summed E-state index contributed by atoms with van der Waals surface area (Å²) < 4.78 is 56.2. The number of amides is 1. The van der Waals surface area contributed by atoms with Gasteiger partial charge in [-0.15, -0.1) is 0 Å². The van der Waals surface area contributed by atoms with E-state index in [2.05, 4.69) is 4.98 Å². The fourth-order valence-corrected chi connectivity index (χ4v) is 2.03. The number of likely N-dealkylation sites (tertiary alicyclic amines) is 1. The van der Waals surface area contributed by atoms with E-state index in [-0.39, 0.29) is 18.8 Å². The van der Waals surface area contributed by atoms with Gasteiger partial charge in [0.25, 0.3) is 0 Å². The van der Waals surface area contributed by atoms with Crippen LogP contribution in [0.25, 0.3) is 0 Å². The van der Waals surface area contributed by atoms with E-state index in [9.17, 15) is 22.4 Å². The standard InChI is InChI=1S/C14H16F4N2O2/c1-13(2,3)22-12(21)20-6-8(7-20)11-10(15)4-9(5-19-11)14(16,17)18/h4-5,8H,6-7H2,1-3H3. The minimum Gasteiger partial charge on any atom is -0.444 e. The Morgan fingerprint density at radius 2 is 1.91 bits per heavy atom. The van der Waals surface area contributed by atoms with Gasteiger partial charge in [0.15, 0.2) is 0 Å². The number of pyridine rings is 1. The maximum absolute atomic E-state index is 13.8. The summed E-state index contributed by atoms with van der Waals surface area (Å²) in [5.41, 5.74) is -1.83. The van der Waals surface area contributed by atoms with E-state index in [1.54, 1.807) is 20.8 Å². The van der Waals surface area contributed by atoms with Crippen molar-refractivity contribution in [3.05, 3.63) is 29.3 Å². The van der Waals surface area contributed by atoms with Gasteiger partial charge < -0.3 is 9.64 Å². The van der Waals surface area contributed by atoms with Crippen LogP contribution in [0.3, 0.4) is 0 Å². The van der Waals surface area contributed by atoms with Crippen molar-refractivity contribution in [3.8, 4) is 0 Å². The minimum absolute atomic E-state index is 0.0622. The molecule has 1 aromatic heterocycles. The lowest BCUT2D eigenvalue weighted by atomic mass is 9.95. The molecule has 0 bridgehead atoms. The van der Waals surface area contributed by atoms with Gasteiger partial charge in [0.1, 0.15) is 11.4 Å². The molecule has 1 amide bonds. The normalized spacial score (nSPS) is 16.4. The summed E-state index contributed by atoms with van der Waals surface area (Å²) in [5.74, 6) is -1.43. The van der Waals surface area contributed by atoms with E-state index < -0.39 is 35.2 Å². The molecule has 0 saturated carbocycles. The zero-order valence-electron chi connectivity index (χ0n) is 12.4. The van der Waals surface area contributed by atoms with E-state index in [1.807, 2.05) is 0 Å². The van der Waals surface area contributed by atoms with Crippen LogP contribution in [0.4, 0.5) is 22.4 Å².